The Morgan fingerprint density at radius 3 is 2.94 bits per heavy atom. The molecule has 0 aliphatic heterocycles. The van der Waals surface area contributed by atoms with E-state index < -0.39 is 0 Å². The number of rotatable bonds is 5. The van der Waals surface area contributed by atoms with Gasteiger partial charge in [-0.15, -0.1) is 12.3 Å². The predicted octanol–water partition coefficient (Wildman–Crippen LogP) is 3.29. The van der Waals surface area contributed by atoms with Gasteiger partial charge in [-0.1, -0.05) is 22.0 Å². The van der Waals surface area contributed by atoms with Gasteiger partial charge in [0, 0.05) is 23.0 Å². The highest BCUT2D eigenvalue weighted by molar-refractivity contribution is 9.10. The zero-order chi connectivity index (χ0) is 12.7. The Labute approximate surface area is 111 Å². The number of hydrogen-bond donors (Lipinski definition) is 1. The average Bonchev–Trinajstić information content (AvgIpc) is 2.32. The summed E-state index contributed by atoms with van der Waals surface area (Å²) in [5, 5.41) is 2.90. The van der Waals surface area contributed by atoms with Crippen LogP contribution in [0, 0.1) is 19.3 Å². The molecule has 1 amide bonds. The summed E-state index contributed by atoms with van der Waals surface area (Å²) in [5.74, 6) is 2.56. The van der Waals surface area contributed by atoms with Gasteiger partial charge in [0.25, 0.3) is 5.91 Å². The number of carbonyl (C=O) groups excluding carboxylic acids is 1. The van der Waals surface area contributed by atoms with Crippen molar-refractivity contribution in [3.63, 3.8) is 0 Å². The smallest absolute Gasteiger partial charge is 0.251 e. The van der Waals surface area contributed by atoms with Crippen LogP contribution in [0.25, 0.3) is 0 Å². The molecule has 0 aliphatic carbocycles. The molecule has 0 spiro atoms. The van der Waals surface area contributed by atoms with Crippen molar-refractivity contribution >= 4 is 21.8 Å². The summed E-state index contributed by atoms with van der Waals surface area (Å²) in [6, 6.07) is 5.63. The van der Waals surface area contributed by atoms with Crippen LogP contribution < -0.4 is 5.32 Å². The lowest BCUT2D eigenvalue weighted by Crippen LogP contribution is -2.25. The lowest BCUT2D eigenvalue weighted by Gasteiger charge is -2.08. The Balaban J connectivity index is 2.48. The molecule has 0 radical (unpaired) electrons. The van der Waals surface area contributed by atoms with Gasteiger partial charge in [0.05, 0.1) is 0 Å². The predicted molar refractivity (Wildman–Crippen MR) is 73.9 cm³/mol. The molecule has 0 unspecified atom stereocenters. The molecule has 1 aromatic carbocycles. The van der Waals surface area contributed by atoms with Crippen molar-refractivity contribution in [1.29, 1.82) is 0 Å². The van der Waals surface area contributed by atoms with E-state index in [0.29, 0.717) is 6.54 Å². The van der Waals surface area contributed by atoms with E-state index in [1.807, 2.05) is 25.1 Å². The van der Waals surface area contributed by atoms with Gasteiger partial charge >= 0.3 is 0 Å². The molecule has 0 saturated heterocycles. The number of nitrogens with one attached hydrogen (secondary N) is 1. The van der Waals surface area contributed by atoms with E-state index in [1.165, 1.54) is 0 Å². The fourth-order valence-electron chi connectivity index (χ4n) is 1.50. The van der Waals surface area contributed by atoms with Gasteiger partial charge in [-0.25, -0.2) is 0 Å². The first-order chi connectivity index (χ1) is 8.16. The van der Waals surface area contributed by atoms with Crippen LogP contribution in [0.4, 0.5) is 0 Å². The summed E-state index contributed by atoms with van der Waals surface area (Å²) in [4.78, 5) is 11.9. The number of unbranched alkanes of at least 4 members (excludes halogenated alkanes) is 2. The molecule has 0 bridgehead atoms. The third kappa shape index (κ3) is 4.24. The van der Waals surface area contributed by atoms with Gasteiger partial charge in [0.15, 0.2) is 0 Å². The van der Waals surface area contributed by atoms with Crippen molar-refractivity contribution in [1.82, 2.24) is 5.32 Å². The molecule has 2 nitrogen and oxygen atoms in total. The van der Waals surface area contributed by atoms with E-state index in [9.17, 15) is 4.79 Å². The Morgan fingerprint density at radius 1 is 1.47 bits per heavy atom. The first-order valence-corrected chi connectivity index (χ1v) is 6.43. The molecule has 1 rings (SSSR count). The maximum Gasteiger partial charge on any atom is 0.251 e. The van der Waals surface area contributed by atoms with E-state index in [4.69, 9.17) is 6.42 Å². The van der Waals surface area contributed by atoms with Crippen LogP contribution in [0.2, 0.25) is 0 Å². The molecular weight excluding hydrogens is 278 g/mol. The SMILES string of the molecule is C#CCCCCNC(=O)c1cccc(Br)c1C. The number of carbonyl (C=O) groups is 1. The summed E-state index contributed by atoms with van der Waals surface area (Å²) >= 11 is 3.41. The Kier molecular flexibility index (Phi) is 5.79. The maximum absolute atomic E-state index is 11.9. The topological polar surface area (TPSA) is 29.1 Å². The zero-order valence-corrected chi connectivity index (χ0v) is 11.5. The molecule has 90 valence electrons. The number of hydrogen-bond acceptors (Lipinski definition) is 1. The van der Waals surface area contributed by atoms with Gasteiger partial charge in [0.1, 0.15) is 0 Å². The van der Waals surface area contributed by atoms with Crippen LogP contribution in [0.3, 0.4) is 0 Å². The molecule has 1 aromatic rings. The lowest BCUT2D eigenvalue weighted by atomic mass is 10.1. The van der Waals surface area contributed by atoms with Crippen molar-refractivity contribution in [2.75, 3.05) is 6.54 Å². The number of benzene rings is 1. The van der Waals surface area contributed by atoms with Crippen molar-refractivity contribution < 1.29 is 4.79 Å². The van der Waals surface area contributed by atoms with Crippen molar-refractivity contribution in [2.24, 2.45) is 0 Å². The summed E-state index contributed by atoms with van der Waals surface area (Å²) in [7, 11) is 0. The highest BCUT2D eigenvalue weighted by Crippen LogP contribution is 2.19. The zero-order valence-electron chi connectivity index (χ0n) is 9.92. The molecule has 3 heteroatoms. The van der Waals surface area contributed by atoms with Gasteiger partial charge in [-0.05, 0) is 37.5 Å². The quantitative estimate of drug-likeness (QED) is 0.655. The van der Waals surface area contributed by atoms with Gasteiger partial charge in [0.2, 0.25) is 0 Å². The summed E-state index contributed by atoms with van der Waals surface area (Å²) in [6.07, 6.45) is 7.80. The monoisotopic (exact) mass is 293 g/mol. The number of amides is 1. The standard InChI is InChI=1S/C14H16BrNO/c1-3-4-5-6-10-16-14(17)12-8-7-9-13(15)11(12)2/h1,7-9H,4-6,10H2,2H3,(H,16,17). The largest absolute Gasteiger partial charge is 0.352 e. The van der Waals surface area contributed by atoms with Crippen molar-refractivity contribution in [3.05, 3.63) is 33.8 Å². The second kappa shape index (κ2) is 7.13. The van der Waals surface area contributed by atoms with Crippen LogP contribution in [-0.2, 0) is 0 Å². The first-order valence-electron chi connectivity index (χ1n) is 5.63. The molecule has 0 aliphatic rings. The highest BCUT2D eigenvalue weighted by Gasteiger charge is 2.09. The Bertz CT molecular complexity index is 434. The molecular formula is C14H16BrNO. The third-order valence-corrected chi connectivity index (χ3v) is 3.40. The number of halogens is 1. The Hall–Kier alpha value is -1.27. The molecule has 0 heterocycles. The summed E-state index contributed by atoms with van der Waals surface area (Å²) in [5.41, 5.74) is 1.69. The second-order valence-corrected chi connectivity index (χ2v) is 4.68. The van der Waals surface area contributed by atoms with Crippen LogP contribution in [0.15, 0.2) is 22.7 Å². The summed E-state index contributed by atoms with van der Waals surface area (Å²) in [6.45, 7) is 2.60. The van der Waals surface area contributed by atoms with Crippen LogP contribution in [-0.4, -0.2) is 12.5 Å². The molecule has 1 N–H and O–H groups in total. The van der Waals surface area contributed by atoms with Crippen molar-refractivity contribution in [3.8, 4) is 12.3 Å². The second-order valence-electron chi connectivity index (χ2n) is 3.83. The van der Waals surface area contributed by atoms with E-state index in [2.05, 4.69) is 27.2 Å². The first kappa shape index (κ1) is 13.8. The molecule has 0 fully saturated rings. The van der Waals surface area contributed by atoms with E-state index in [-0.39, 0.29) is 5.91 Å². The minimum atomic E-state index is -0.0236. The molecule has 0 saturated carbocycles. The van der Waals surface area contributed by atoms with Gasteiger partial charge in [-0.2, -0.15) is 0 Å². The molecule has 17 heavy (non-hydrogen) atoms. The third-order valence-electron chi connectivity index (χ3n) is 2.55. The maximum atomic E-state index is 11.9. The van der Waals surface area contributed by atoms with E-state index >= 15 is 0 Å². The normalized spacial score (nSPS) is 9.71. The fraction of sp³-hybridized carbons (Fsp3) is 0.357. The summed E-state index contributed by atoms with van der Waals surface area (Å²) < 4.78 is 0.956. The minimum Gasteiger partial charge on any atom is -0.352 e. The number of terminal acetylenes is 1. The minimum absolute atomic E-state index is 0.0236. The van der Waals surface area contributed by atoms with E-state index in [0.717, 1.165) is 34.9 Å². The van der Waals surface area contributed by atoms with Crippen LogP contribution in [0.5, 0.6) is 0 Å². The van der Waals surface area contributed by atoms with Gasteiger partial charge < -0.3 is 5.32 Å². The molecule has 0 aromatic heterocycles. The van der Waals surface area contributed by atoms with Crippen LogP contribution >= 0.6 is 15.9 Å². The van der Waals surface area contributed by atoms with Crippen LogP contribution in [0.1, 0.15) is 35.2 Å². The lowest BCUT2D eigenvalue weighted by molar-refractivity contribution is 0.0952. The average molecular weight is 294 g/mol. The molecule has 0 atom stereocenters. The van der Waals surface area contributed by atoms with E-state index in [1.54, 1.807) is 0 Å². The fourth-order valence-corrected chi connectivity index (χ4v) is 1.87. The van der Waals surface area contributed by atoms with Gasteiger partial charge in [-0.3, -0.25) is 4.79 Å². The highest BCUT2D eigenvalue weighted by atomic mass is 79.9. The van der Waals surface area contributed by atoms with Crippen molar-refractivity contribution in [2.45, 2.75) is 26.2 Å². The Morgan fingerprint density at radius 2 is 2.24 bits per heavy atom.